The van der Waals surface area contributed by atoms with E-state index in [-0.39, 0.29) is 11.7 Å². The van der Waals surface area contributed by atoms with Gasteiger partial charge in [-0.1, -0.05) is 37.3 Å². The number of anilines is 1. The summed E-state index contributed by atoms with van der Waals surface area (Å²) in [6.45, 7) is 1.93. The van der Waals surface area contributed by atoms with Gasteiger partial charge in [0.1, 0.15) is 0 Å². The Balaban J connectivity index is 2.27. The molecule has 0 saturated heterocycles. The van der Waals surface area contributed by atoms with Gasteiger partial charge in [0.15, 0.2) is 17.5 Å². The Morgan fingerprint density at radius 2 is 1.63 bits per heavy atom. The third kappa shape index (κ3) is 2.89. The van der Waals surface area contributed by atoms with Crippen LogP contribution in [-0.4, -0.2) is 0 Å². The van der Waals surface area contributed by atoms with Crippen molar-refractivity contribution in [3.63, 3.8) is 0 Å². The summed E-state index contributed by atoms with van der Waals surface area (Å²) in [6.07, 6.45) is 0.697. The van der Waals surface area contributed by atoms with Crippen LogP contribution in [0.1, 0.15) is 24.9 Å². The molecular weight excluding hydrogens is 251 g/mol. The molecule has 0 heterocycles. The minimum absolute atomic E-state index is 0.0328. The smallest absolute Gasteiger partial charge is 0.196 e. The van der Waals surface area contributed by atoms with Crippen LogP contribution in [0, 0.1) is 17.5 Å². The summed E-state index contributed by atoms with van der Waals surface area (Å²) >= 11 is 0. The first-order chi connectivity index (χ1) is 9.13. The highest BCUT2D eigenvalue weighted by Gasteiger charge is 2.16. The molecule has 0 radical (unpaired) electrons. The molecule has 4 heteroatoms. The SMILES string of the molecule is CCC(Nc1ccc(F)c(F)c1F)c1ccccc1. The van der Waals surface area contributed by atoms with Crippen LogP contribution in [0.25, 0.3) is 0 Å². The van der Waals surface area contributed by atoms with Crippen molar-refractivity contribution in [2.45, 2.75) is 19.4 Å². The Morgan fingerprint density at radius 1 is 0.947 bits per heavy atom. The van der Waals surface area contributed by atoms with Crippen molar-refractivity contribution in [3.8, 4) is 0 Å². The molecule has 1 unspecified atom stereocenters. The molecule has 0 amide bonds. The number of halogens is 3. The summed E-state index contributed by atoms with van der Waals surface area (Å²) in [5.74, 6) is -3.82. The monoisotopic (exact) mass is 265 g/mol. The maximum absolute atomic E-state index is 13.6. The Hall–Kier alpha value is -1.97. The molecule has 19 heavy (non-hydrogen) atoms. The summed E-state index contributed by atoms with van der Waals surface area (Å²) < 4.78 is 39.6. The number of nitrogens with one attached hydrogen (secondary N) is 1. The standard InChI is InChI=1S/C15H14F3N/c1-2-12(10-6-4-3-5-7-10)19-13-9-8-11(16)14(17)15(13)18/h3-9,12,19H,2H2,1H3. The number of benzene rings is 2. The Bertz CT molecular complexity index is 555. The van der Waals surface area contributed by atoms with Gasteiger partial charge in [0, 0.05) is 0 Å². The average Bonchev–Trinajstić information content (AvgIpc) is 2.45. The molecule has 1 atom stereocenters. The summed E-state index contributed by atoms with van der Waals surface area (Å²) in [4.78, 5) is 0. The summed E-state index contributed by atoms with van der Waals surface area (Å²) in [5.41, 5.74) is 0.934. The van der Waals surface area contributed by atoms with Gasteiger partial charge in [0.05, 0.1) is 11.7 Å². The second-order valence-electron chi connectivity index (χ2n) is 4.24. The van der Waals surface area contributed by atoms with Crippen LogP contribution in [-0.2, 0) is 0 Å². The molecule has 100 valence electrons. The van der Waals surface area contributed by atoms with Gasteiger partial charge in [0.25, 0.3) is 0 Å². The first kappa shape index (κ1) is 13.5. The normalized spacial score (nSPS) is 12.2. The third-order valence-electron chi connectivity index (χ3n) is 2.98. The molecule has 1 N–H and O–H groups in total. The first-order valence-corrected chi connectivity index (χ1v) is 6.08. The van der Waals surface area contributed by atoms with Crippen molar-refractivity contribution < 1.29 is 13.2 Å². The van der Waals surface area contributed by atoms with Gasteiger partial charge >= 0.3 is 0 Å². The van der Waals surface area contributed by atoms with Crippen LogP contribution in [0.2, 0.25) is 0 Å². The maximum atomic E-state index is 13.6. The van der Waals surface area contributed by atoms with Crippen molar-refractivity contribution in [3.05, 3.63) is 65.5 Å². The zero-order chi connectivity index (χ0) is 13.8. The third-order valence-corrected chi connectivity index (χ3v) is 2.98. The van der Waals surface area contributed by atoms with Crippen molar-refractivity contribution in [1.82, 2.24) is 0 Å². The topological polar surface area (TPSA) is 12.0 Å². The Kier molecular flexibility index (Phi) is 4.10. The molecule has 0 spiro atoms. The molecular formula is C15H14F3N. The predicted molar refractivity (Wildman–Crippen MR) is 69.4 cm³/mol. The molecule has 2 rings (SSSR count). The van der Waals surface area contributed by atoms with Gasteiger partial charge in [-0.3, -0.25) is 0 Å². The van der Waals surface area contributed by atoms with E-state index in [1.54, 1.807) is 0 Å². The van der Waals surface area contributed by atoms with E-state index < -0.39 is 17.5 Å². The van der Waals surface area contributed by atoms with Crippen LogP contribution in [0.5, 0.6) is 0 Å². The van der Waals surface area contributed by atoms with Gasteiger partial charge < -0.3 is 5.32 Å². The lowest BCUT2D eigenvalue weighted by molar-refractivity contribution is 0.448. The molecule has 2 aromatic carbocycles. The average molecular weight is 265 g/mol. The molecule has 0 saturated carbocycles. The summed E-state index contributed by atoms with van der Waals surface area (Å²) in [6, 6.07) is 11.4. The van der Waals surface area contributed by atoms with E-state index in [2.05, 4.69) is 5.32 Å². The second-order valence-corrected chi connectivity index (χ2v) is 4.24. The second kappa shape index (κ2) is 5.78. The van der Waals surface area contributed by atoms with Gasteiger partial charge in [0.2, 0.25) is 0 Å². The minimum Gasteiger partial charge on any atom is -0.376 e. The molecule has 2 aromatic rings. The van der Waals surface area contributed by atoms with E-state index in [1.165, 1.54) is 6.07 Å². The molecule has 0 fully saturated rings. The van der Waals surface area contributed by atoms with Crippen molar-refractivity contribution in [2.24, 2.45) is 0 Å². The zero-order valence-corrected chi connectivity index (χ0v) is 10.5. The molecule has 1 nitrogen and oxygen atoms in total. The molecule has 0 aromatic heterocycles. The van der Waals surface area contributed by atoms with Crippen LogP contribution in [0.3, 0.4) is 0 Å². The highest BCUT2D eigenvalue weighted by Crippen LogP contribution is 2.26. The van der Waals surface area contributed by atoms with Gasteiger partial charge in [-0.25, -0.2) is 13.2 Å². The van der Waals surface area contributed by atoms with Gasteiger partial charge in [-0.15, -0.1) is 0 Å². The van der Waals surface area contributed by atoms with E-state index >= 15 is 0 Å². The van der Waals surface area contributed by atoms with Crippen molar-refractivity contribution in [2.75, 3.05) is 5.32 Å². The quantitative estimate of drug-likeness (QED) is 0.792. The Labute approximate surface area is 110 Å². The van der Waals surface area contributed by atoms with E-state index in [1.807, 2.05) is 37.3 Å². The van der Waals surface area contributed by atoms with E-state index in [0.717, 1.165) is 11.6 Å². The van der Waals surface area contributed by atoms with Crippen LogP contribution < -0.4 is 5.32 Å². The largest absolute Gasteiger partial charge is 0.376 e. The minimum atomic E-state index is -1.45. The van der Waals surface area contributed by atoms with E-state index in [4.69, 9.17) is 0 Å². The highest BCUT2D eigenvalue weighted by atomic mass is 19.2. The molecule has 0 bridgehead atoms. The number of hydrogen-bond acceptors (Lipinski definition) is 1. The fourth-order valence-corrected chi connectivity index (χ4v) is 1.93. The van der Waals surface area contributed by atoms with Crippen LogP contribution in [0.4, 0.5) is 18.9 Å². The molecule has 0 aliphatic carbocycles. The number of hydrogen-bond donors (Lipinski definition) is 1. The van der Waals surface area contributed by atoms with Crippen LogP contribution in [0.15, 0.2) is 42.5 Å². The summed E-state index contributed by atoms with van der Waals surface area (Å²) in [7, 11) is 0. The molecule has 0 aliphatic heterocycles. The molecule has 0 aliphatic rings. The zero-order valence-electron chi connectivity index (χ0n) is 10.5. The fraction of sp³-hybridized carbons (Fsp3) is 0.200. The lowest BCUT2D eigenvalue weighted by Crippen LogP contribution is -2.11. The lowest BCUT2D eigenvalue weighted by atomic mass is 10.0. The van der Waals surface area contributed by atoms with Crippen molar-refractivity contribution in [1.29, 1.82) is 0 Å². The van der Waals surface area contributed by atoms with Crippen molar-refractivity contribution >= 4 is 5.69 Å². The van der Waals surface area contributed by atoms with Crippen LogP contribution >= 0.6 is 0 Å². The lowest BCUT2D eigenvalue weighted by Gasteiger charge is -2.19. The fourth-order valence-electron chi connectivity index (χ4n) is 1.93. The first-order valence-electron chi connectivity index (χ1n) is 6.08. The highest BCUT2D eigenvalue weighted by molar-refractivity contribution is 5.47. The Morgan fingerprint density at radius 3 is 2.26 bits per heavy atom. The van der Waals surface area contributed by atoms with Gasteiger partial charge in [-0.2, -0.15) is 0 Å². The van der Waals surface area contributed by atoms with Gasteiger partial charge in [-0.05, 0) is 24.1 Å². The van der Waals surface area contributed by atoms with E-state index in [9.17, 15) is 13.2 Å². The number of rotatable bonds is 4. The summed E-state index contributed by atoms with van der Waals surface area (Å²) in [5, 5.41) is 2.90. The maximum Gasteiger partial charge on any atom is 0.196 e. The van der Waals surface area contributed by atoms with E-state index in [0.29, 0.717) is 6.42 Å². The predicted octanol–water partition coefficient (Wildman–Crippen LogP) is 4.67.